The minimum absolute atomic E-state index is 0.0168. The molecule has 0 atom stereocenters. The molecule has 0 aromatic heterocycles. The topological polar surface area (TPSA) is 122 Å². The Morgan fingerprint density at radius 2 is 1.59 bits per heavy atom. The van der Waals surface area contributed by atoms with Crippen LogP contribution in [0.1, 0.15) is 41.6 Å². The molecule has 11 heteroatoms. The molecule has 2 aromatic rings. The molecule has 0 saturated carbocycles. The first-order chi connectivity index (χ1) is 16.1. The standard InChI is InChI=1S/C23H31N3O6S2/c1-18-7-10-20(11-8-18)33(28,29)25-14-13-24-23(27)19-9-12-21(32-2)22(17-19)34(30,31)26-15-5-3-4-6-16-26/h7-12,17,25H,3-6,13-16H2,1-2H3,(H,24,27). The highest BCUT2D eigenvalue weighted by molar-refractivity contribution is 7.89. The number of aryl methyl sites for hydroxylation is 1. The van der Waals surface area contributed by atoms with Gasteiger partial charge in [-0.3, -0.25) is 4.79 Å². The summed E-state index contributed by atoms with van der Waals surface area (Å²) in [5, 5.41) is 2.62. The van der Waals surface area contributed by atoms with Crippen LogP contribution in [0.25, 0.3) is 0 Å². The minimum Gasteiger partial charge on any atom is -0.495 e. The van der Waals surface area contributed by atoms with E-state index in [9.17, 15) is 21.6 Å². The molecule has 0 aliphatic carbocycles. The van der Waals surface area contributed by atoms with E-state index in [0.29, 0.717) is 13.1 Å². The third-order valence-corrected chi connectivity index (χ3v) is 9.04. The maximum absolute atomic E-state index is 13.3. The predicted molar refractivity (Wildman–Crippen MR) is 129 cm³/mol. The Morgan fingerprint density at radius 1 is 0.941 bits per heavy atom. The summed E-state index contributed by atoms with van der Waals surface area (Å²) in [4.78, 5) is 12.7. The third-order valence-electron chi connectivity index (χ3n) is 5.64. The molecule has 0 radical (unpaired) electrons. The van der Waals surface area contributed by atoms with Gasteiger partial charge in [0.05, 0.1) is 12.0 Å². The summed E-state index contributed by atoms with van der Waals surface area (Å²) >= 11 is 0. The lowest BCUT2D eigenvalue weighted by Gasteiger charge is -2.21. The molecular formula is C23H31N3O6S2. The van der Waals surface area contributed by atoms with Crippen LogP contribution in [0.4, 0.5) is 0 Å². The number of ether oxygens (including phenoxy) is 1. The second-order valence-electron chi connectivity index (χ2n) is 8.15. The van der Waals surface area contributed by atoms with Gasteiger partial charge in [0.15, 0.2) is 0 Å². The molecule has 2 aromatic carbocycles. The van der Waals surface area contributed by atoms with E-state index in [-0.39, 0.29) is 34.2 Å². The number of benzene rings is 2. The monoisotopic (exact) mass is 509 g/mol. The molecule has 34 heavy (non-hydrogen) atoms. The van der Waals surface area contributed by atoms with Gasteiger partial charge < -0.3 is 10.1 Å². The molecule has 9 nitrogen and oxygen atoms in total. The molecule has 1 aliphatic rings. The van der Waals surface area contributed by atoms with Crippen LogP contribution in [0.5, 0.6) is 5.75 Å². The highest BCUT2D eigenvalue weighted by Gasteiger charge is 2.29. The highest BCUT2D eigenvalue weighted by atomic mass is 32.2. The molecule has 3 rings (SSSR count). The SMILES string of the molecule is COc1ccc(C(=O)NCCNS(=O)(=O)c2ccc(C)cc2)cc1S(=O)(=O)N1CCCCCC1. The van der Waals surface area contributed by atoms with Crippen molar-refractivity contribution in [3.63, 3.8) is 0 Å². The number of nitrogens with one attached hydrogen (secondary N) is 2. The molecule has 0 unspecified atom stereocenters. The maximum Gasteiger partial charge on any atom is 0.251 e. The van der Waals surface area contributed by atoms with E-state index < -0.39 is 26.0 Å². The van der Waals surface area contributed by atoms with Crippen LogP contribution in [-0.4, -0.2) is 60.3 Å². The van der Waals surface area contributed by atoms with Gasteiger partial charge in [0, 0.05) is 31.7 Å². The van der Waals surface area contributed by atoms with Gasteiger partial charge in [-0.15, -0.1) is 0 Å². The van der Waals surface area contributed by atoms with Crippen molar-refractivity contribution in [1.82, 2.24) is 14.3 Å². The van der Waals surface area contributed by atoms with Crippen LogP contribution in [0.15, 0.2) is 52.3 Å². The van der Waals surface area contributed by atoms with Crippen molar-refractivity contribution < 1.29 is 26.4 Å². The first kappa shape index (κ1) is 26.1. The number of carbonyl (C=O) groups excluding carboxylic acids is 1. The molecule has 0 spiro atoms. The van der Waals surface area contributed by atoms with Crippen molar-refractivity contribution in [3.8, 4) is 5.75 Å². The van der Waals surface area contributed by atoms with Crippen molar-refractivity contribution in [2.45, 2.75) is 42.4 Å². The van der Waals surface area contributed by atoms with Crippen LogP contribution in [0.3, 0.4) is 0 Å². The van der Waals surface area contributed by atoms with Gasteiger partial charge >= 0.3 is 0 Å². The minimum atomic E-state index is -3.83. The lowest BCUT2D eigenvalue weighted by molar-refractivity contribution is 0.0954. The zero-order chi connectivity index (χ0) is 24.8. The van der Waals surface area contributed by atoms with Crippen LogP contribution < -0.4 is 14.8 Å². The summed E-state index contributed by atoms with van der Waals surface area (Å²) in [7, 11) is -6.13. The van der Waals surface area contributed by atoms with Gasteiger partial charge in [-0.2, -0.15) is 4.31 Å². The van der Waals surface area contributed by atoms with Gasteiger partial charge in [0.25, 0.3) is 5.91 Å². The van der Waals surface area contributed by atoms with Gasteiger partial charge in [-0.1, -0.05) is 30.5 Å². The smallest absolute Gasteiger partial charge is 0.251 e. The average Bonchev–Trinajstić information content (AvgIpc) is 3.12. The predicted octanol–water partition coefficient (Wildman–Crippen LogP) is 2.28. The van der Waals surface area contributed by atoms with E-state index in [1.807, 2.05) is 6.92 Å². The van der Waals surface area contributed by atoms with Crippen LogP contribution >= 0.6 is 0 Å². The molecule has 1 aliphatic heterocycles. The van der Waals surface area contributed by atoms with E-state index in [2.05, 4.69) is 10.0 Å². The summed E-state index contributed by atoms with van der Waals surface area (Å²) in [6.07, 6.45) is 3.55. The van der Waals surface area contributed by atoms with Crippen molar-refractivity contribution in [2.75, 3.05) is 33.3 Å². The first-order valence-electron chi connectivity index (χ1n) is 11.2. The number of hydrogen-bond acceptors (Lipinski definition) is 6. The van der Waals surface area contributed by atoms with E-state index >= 15 is 0 Å². The zero-order valence-corrected chi connectivity index (χ0v) is 21.0. The van der Waals surface area contributed by atoms with Crippen molar-refractivity contribution in [2.24, 2.45) is 0 Å². The fraction of sp³-hybridized carbons (Fsp3) is 0.435. The van der Waals surface area contributed by atoms with E-state index in [1.54, 1.807) is 12.1 Å². The normalized spacial score (nSPS) is 15.5. The Labute approximate surface area is 201 Å². The largest absolute Gasteiger partial charge is 0.495 e. The zero-order valence-electron chi connectivity index (χ0n) is 19.4. The first-order valence-corrected chi connectivity index (χ1v) is 14.1. The Morgan fingerprint density at radius 3 is 2.21 bits per heavy atom. The van der Waals surface area contributed by atoms with E-state index in [0.717, 1.165) is 31.2 Å². The average molecular weight is 510 g/mol. The van der Waals surface area contributed by atoms with Gasteiger partial charge in [-0.25, -0.2) is 21.6 Å². The molecule has 1 amide bonds. The molecule has 1 saturated heterocycles. The molecule has 2 N–H and O–H groups in total. The number of sulfonamides is 2. The highest BCUT2D eigenvalue weighted by Crippen LogP contribution is 2.29. The maximum atomic E-state index is 13.3. The Bertz CT molecular complexity index is 1200. The van der Waals surface area contributed by atoms with E-state index in [4.69, 9.17) is 4.74 Å². The van der Waals surface area contributed by atoms with Crippen molar-refractivity contribution in [1.29, 1.82) is 0 Å². The molecule has 1 fully saturated rings. The van der Waals surface area contributed by atoms with Gasteiger partial charge in [0.1, 0.15) is 10.6 Å². The number of methoxy groups -OCH3 is 1. The van der Waals surface area contributed by atoms with Crippen molar-refractivity contribution in [3.05, 3.63) is 53.6 Å². The Balaban J connectivity index is 1.66. The second-order valence-corrected chi connectivity index (χ2v) is 11.8. The molecule has 1 heterocycles. The Kier molecular flexibility index (Phi) is 8.69. The quantitative estimate of drug-likeness (QED) is 0.500. The summed E-state index contributed by atoms with van der Waals surface area (Å²) in [6.45, 7) is 2.75. The summed E-state index contributed by atoms with van der Waals surface area (Å²) < 4.78 is 60.4. The van der Waals surface area contributed by atoms with Gasteiger partial charge in [0.2, 0.25) is 20.0 Å². The fourth-order valence-corrected chi connectivity index (χ4v) is 6.44. The molecular weight excluding hydrogens is 478 g/mol. The number of carbonyl (C=O) groups is 1. The molecule has 0 bridgehead atoms. The Hall–Kier alpha value is -2.47. The summed E-state index contributed by atoms with van der Waals surface area (Å²) in [5.74, 6) is -0.337. The van der Waals surface area contributed by atoms with Crippen LogP contribution in [0.2, 0.25) is 0 Å². The van der Waals surface area contributed by atoms with Crippen LogP contribution in [0, 0.1) is 6.92 Å². The number of amides is 1. The van der Waals surface area contributed by atoms with Gasteiger partial charge in [-0.05, 0) is 50.1 Å². The third kappa shape index (κ3) is 6.35. The number of rotatable bonds is 9. The second kappa shape index (κ2) is 11.3. The van der Waals surface area contributed by atoms with Crippen molar-refractivity contribution >= 4 is 26.0 Å². The lowest BCUT2D eigenvalue weighted by Crippen LogP contribution is -2.35. The number of nitrogens with zero attached hydrogens (tertiary/aromatic N) is 1. The number of hydrogen-bond donors (Lipinski definition) is 2. The fourth-order valence-electron chi connectivity index (χ4n) is 3.70. The van der Waals surface area contributed by atoms with E-state index in [1.165, 1.54) is 41.7 Å². The lowest BCUT2D eigenvalue weighted by atomic mass is 10.2. The molecule has 186 valence electrons. The summed E-state index contributed by atoms with van der Waals surface area (Å²) in [6, 6.07) is 10.7. The summed E-state index contributed by atoms with van der Waals surface area (Å²) in [5.41, 5.74) is 1.10. The van der Waals surface area contributed by atoms with Crippen LogP contribution in [-0.2, 0) is 20.0 Å².